The summed E-state index contributed by atoms with van der Waals surface area (Å²) in [7, 11) is 0. The number of aryl methyl sites for hydroxylation is 2. The Hall–Kier alpha value is -8.86. The topological polar surface area (TPSA) is 6.48 Å². The summed E-state index contributed by atoms with van der Waals surface area (Å²) in [6.45, 7) is 18.2. The van der Waals surface area contributed by atoms with Crippen LogP contribution in [0.25, 0.3) is 57.7 Å². The molecular formula is C75H62F2N2. The molecule has 0 saturated carbocycles. The van der Waals surface area contributed by atoms with Crippen molar-refractivity contribution in [1.82, 2.24) is 0 Å². The molecule has 3 aliphatic rings. The van der Waals surface area contributed by atoms with E-state index in [4.69, 9.17) is 0 Å². The maximum absolute atomic E-state index is 14.1. The van der Waals surface area contributed by atoms with Gasteiger partial charge in [-0.1, -0.05) is 186 Å². The molecule has 0 N–H and O–H groups in total. The predicted octanol–water partition coefficient (Wildman–Crippen LogP) is 20.8. The number of hydrogen-bond donors (Lipinski definition) is 0. The van der Waals surface area contributed by atoms with E-state index in [-0.39, 0.29) is 27.9 Å². The Balaban J connectivity index is 0.729. The van der Waals surface area contributed by atoms with Crippen LogP contribution in [0.4, 0.5) is 42.9 Å². The van der Waals surface area contributed by atoms with Gasteiger partial charge in [0.15, 0.2) is 0 Å². The average molecular weight is 1030 g/mol. The molecule has 0 radical (unpaired) electrons. The number of fused-ring (bicyclic) bond motifs is 9. The Kier molecular flexibility index (Phi) is 11.7. The second-order valence-corrected chi connectivity index (χ2v) is 23.5. The van der Waals surface area contributed by atoms with E-state index in [9.17, 15) is 8.78 Å². The van der Waals surface area contributed by atoms with Crippen molar-refractivity contribution in [3.8, 4) is 33.4 Å². The fourth-order valence-electron chi connectivity index (χ4n) is 12.8. The van der Waals surface area contributed by atoms with E-state index < -0.39 is 0 Å². The van der Waals surface area contributed by atoms with E-state index in [1.807, 2.05) is 24.3 Å². The first-order valence-electron chi connectivity index (χ1n) is 27.5. The van der Waals surface area contributed by atoms with Crippen molar-refractivity contribution in [1.29, 1.82) is 0 Å². The summed E-state index contributed by atoms with van der Waals surface area (Å²) in [5.74, 6) is -0.498. The zero-order valence-corrected chi connectivity index (χ0v) is 46.1. The second kappa shape index (κ2) is 18.7. The normalized spacial score (nSPS) is 14.7. The van der Waals surface area contributed by atoms with Gasteiger partial charge in [-0.2, -0.15) is 0 Å². The van der Waals surface area contributed by atoms with E-state index >= 15 is 0 Å². The number of hydrogen-bond acceptors (Lipinski definition) is 2. The third-order valence-corrected chi connectivity index (χ3v) is 17.3. The third kappa shape index (κ3) is 8.53. The zero-order chi connectivity index (χ0) is 54.5. The highest BCUT2D eigenvalue weighted by atomic mass is 19.1. The van der Waals surface area contributed by atoms with Crippen molar-refractivity contribution in [2.75, 3.05) is 9.80 Å². The fourth-order valence-corrected chi connectivity index (χ4v) is 12.8. The van der Waals surface area contributed by atoms with Crippen LogP contribution < -0.4 is 9.80 Å². The lowest BCUT2D eigenvalue weighted by Gasteiger charge is -2.28. The first kappa shape index (κ1) is 49.7. The van der Waals surface area contributed by atoms with Crippen LogP contribution in [0.5, 0.6) is 0 Å². The number of halogens is 2. The van der Waals surface area contributed by atoms with Gasteiger partial charge in [0.25, 0.3) is 0 Å². The maximum Gasteiger partial charge on any atom is 0.123 e. The van der Waals surface area contributed by atoms with Gasteiger partial charge in [0, 0.05) is 50.4 Å². The summed E-state index contributed by atoms with van der Waals surface area (Å²) in [5, 5.41) is 0. The number of nitrogens with zero attached hydrogens (tertiary/aromatic N) is 2. The molecule has 0 aliphatic heterocycles. The van der Waals surface area contributed by atoms with E-state index in [1.54, 1.807) is 0 Å². The van der Waals surface area contributed by atoms with Crippen LogP contribution >= 0.6 is 0 Å². The summed E-state index contributed by atoms with van der Waals surface area (Å²) in [6.07, 6.45) is 9.02. The highest BCUT2D eigenvalue weighted by Gasteiger charge is 2.39. The molecule has 0 saturated heterocycles. The van der Waals surface area contributed by atoms with Crippen LogP contribution in [-0.4, -0.2) is 0 Å². The van der Waals surface area contributed by atoms with E-state index in [2.05, 4.69) is 247 Å². The van der Waals surface area contributed by atoms with Gasteiger partial charge in [-0.15, -0.1) is 0 Å². The zero-order valence-electron chi connectivity index (χ0n) is 46.1. The SMILES string of the molecule is Cc1ccc(N(c2ccc(F)cc2)c2ccc3c(c2)C(C)(C)c2cc(/C=C/c4ccc5c(c4)C(C)(C)c4cc(/C=C/c6ccc7c(c6)C(C)(C)c6cc(N(c8ccc(C)cc8)c8ccc(F)cc8)ccc6-7)ccc4-5)ccc2-3)cc1. The summed E-state index contributed by atoms with van der Waals surface area (Å²) < 4.78 is 28.3. The Labute approximate surface area is 464 Å². The molecule has 0 atom stereocenters. The Morgan fingerprint density at radius 1 is 0.266 bits per heavy atom. The molecule has 10 aromatic carbocycles. The quantitative estimate of drug-likeness (QED) is 0.126. The molecule has 0 unspecified atom stereocenters. The molecule has 4 heteroatoms. The van der Waals surface area contributed by atoms with Crippen LogP contribution in [0.1, 0.15) is 108 Å². The smallest absolute Gasteiger partial charge is 0.123 e. The van der Waals surface area contributed by atoms with Gasteiger partial charge in [-0.25, -0.2) is 8.78 Å². The lowest BCUT2D eigenvalue weighted by Crippen LogP contribution is -2.16. The van der Waals surface area contributed by atoms with E-state index in [1.165, 1.54) is 124 Å². The van der Waals surface area contributed by atoms with Crippen molar-refractivity contribution in [2.45, 2.75) is 71.6 Å². The van der Waals surface area contributed by atoms with Crippen LogP contribution in [0.2, 0.25) is 0 Å². The molecule has 10 aromatic rings. The van der Waals surface area contributed by atoms with Gasteiger partial charge in [0.2, 0.25) is 0 Å². The largest absolute Gasteiger partial charge is 0.310 e. The molecule has 0 bridgehead atoms. The van der Waals surface area contributed by atoms with Crippen LogP contribution in [0.3, 0.4) is 0 Å². The Morgan fingerprint density at radius 2 is 0.481 bits per heavy atom. The van der Waals surface area contributed by atoms with Gasteiger partial charge in [0.05, 0.1) is 0 Å². The molecule has 0 heterocycles. The monoisotopic (exact) mass is 1030 g/mol. The second-order valence-electron chi connectivity index (χ2n) is 23.5. The lowest BCUT2D eigenvalue weighted by molar-refractivity contribution is 0.627. The lowest BCUT2D eigenvalue weighted by atomic mass is 9.81. The predicted molar refractivity (Wildman–Crippen MR) is 329 cm³/mol. The minimum absolute atomic E-state index is 0.180. The molecule has 0 amide bonds. The molecule has 3 aliphatic carbocycles. The molecule has 0 fully saturated rings. The molecule has 0 aromatic heterocycles. The molecule has 0 spiro atoms. The fraction of sp³-hybridized carbons (Fsp3) is 0.147. The number of rotatable bonds is 10. The first-order chi connectivity index (χ1) is 38.0. The van der Waals surface area contributed by atoms with Crippen molar-refractivity contribution in [3.63, 3.8) is 0 Å². The third-order valence-electron chi connectivity index (χ3n) is 17.3. The summed E-state index contributed by atoms with van der Waals surface area (Å²) >= 11 is 0. The molecule has 386 valence electrons. The van der Waals surface area contributed by atoms with Crippen molar-refractivity contribution < 1.29 is 8.78 Å². The summed E-state index contributed by atoms with van der Waals surface area (Å²) in [6, 6.07) is 71.7. The van der Waals surface area contributed by atoms with Crippen LogP contribution in [0.15, 0.2) is 206 Å². The van der Waals surface area contributed by atoms with Gasteiger partial charge >= 0.3 is 0 Å². The van der Waals surface area contributed by atoms with Gasteiger partial charge in [-0.3, -0.25) is 0 Å². The molecule has 2 nitrogen and oxygen atoms in total. The minimum Gasteiger partial charge on any atom is -0.310 e. The standard InChI is InChI=1S/C75H62F2N2/c1-47-9-25-55(26-10-47)78(57-29-21-53(76)22-30-57)59-33-39-65-63-37-19-51(43-69(63)74(5,6)71(65)45-59)15-13-49-17-35-61-62-36-18-50(42-68(62)73(3,4)67(61)41-49)14-16-52-20-38-64-66-40-34-60(46-72(66)75(7,8)70(64)44-52)79(56-27-11-48(2)12-28-56)58-31-23-54(77)24-32-58/h9-46H,1-8H3/b15-13+,16-14+. The summed E-state index contributed by atoms with van der Waals surface area (Å²) in [5.41, 5.74) is 27.9. The van der Waals surface area contributed by atoms with Crippen molar-refractivity contribution in [3.05, 3.63) is 285 Å². The van der Waals surface area contributed by atoms with Gasteiger partial charge in [0.1, 0.15) is 11.6 Å². The van der Waals surface area contributed by atoms with E-state index in [0.29, 0.717) is 0 Å². The molecular weight excluding hydrogens is 967 g/mol. The minimum atomic E-state index is -0.249. The average Bonchev–Trinajstić information content (AvgIpc) is 4.06. The van der Waals surface area contributed by atoms with Gasteiger partial charge in [-0.05, 0) is 200 Å². The molecule has 13 rings (SSSR count). The number of benzene rings is 10. The first-order valence-corrected chi connectivity index (χ1v) is 27.5. The highest BCUT2D eigenvalue weighted by Crippen LogP contribution is 2.54. The van der Waals surface area contributed by atoms with Crippen molar-refractivity contribution in [2.24, 2.45) is 0 Å². The number of anilines is 6. The summed E-state index contributed by atoms with van der Waals surface area (Å²) in [4.78, 5) is 4.43. The van der Waals surface area contributed by atoms with Crippen LogP contribution in [0, 0.1) is 25.5 Å². The van der Waals surface area contributed by atoms with Gasteiger partial charge < -0.3 is 9.80 Å². The Morgan fingerprint density at radius 3 is 0.747 bits per heavy atom. The maximum atomic E-state index is 14.1. The van der Waals surface area contributed by atoms with Crippen molar-refractivity contribution >= 4 is 58.4 Å². The highest BCUT2D eigenvalue weighted by molar-refractivity contribution is 5.90. The van der Waals surface area contributed by atoms with E-state index in [0.717, 1.165) is 34.1 Å². The Bertz CT molecular complexity index is 3760. The molecule has 79 heavy (non-hydrogen) atoms. The van der Waals surface area contributed by atoms with Crippen LogP contribution in [-0.2, 0) is 16.2 Å².